The summed E-state index contributed by atoms with van der Waals surface area (Å²) in [6, 6.07) is 8.08. The molecule has 1 fully saturated rings. The van der Waals surface area contributed by atoms with Gasteiger partial charge in [-0.05, 0) is 63.3 Å². The predicted molar refractivity (Wildman–Crippen MR) is 138 cm³/mol. The third-order valence-electron chi connectivity index (χ3n) is 6.43. The number of aliphatic hydroxyl groups is 1. The van der Waals surface area contributed by atoms with Gasteiger partial charge in [0, 0.05) is 17.1 Å². The van der Waals surface area contributed by atoms with Gasteiger partial charge in [0.25, 0.3) is 0 Å². The van der Waals surface area contributed by atoms with E-state index in [1.54, 1.807) is 6.07 Å². The quantitative estimate of drug-likeness (QED) is 0.254. The summed E-state index contributed by atoms with van der Waals surface area (Å²) >= 11 is 5.95. The molecule has 8 nitrogen and oxygen atoms in total. The summed E-state index contributed by atoms with van der Waals surface area (Å²) in [7, 11) is 4.01. The van der Waals surface area contributed by atoms with Crippen molar-refractivity contribution in [3.05, 3.63) is 59.1 Å². The third-order valence-corrected chi connectivity index (χ3v) is 6.72. The molecule has 2 heterocycles. The lowest BCUT2D eigenvalue weighted by molar-refractivity contribution is 0.141. The first kappa shape index (κ1) is 24.7. The van der Waals surface area contributed by atoms with E-state index in [1.165, 1.54) is 24.0 Å². The number of hydrogen-bond acceptors (Lipinski definition) is 8. The number of hydrogen-bond donors (Lipinski definition) is 3. The summed E-state index contributed by atoms with van der Waals surface area (Å²) in [5.74, 6) is 0.615. The minimum atomic E-state index is -0.760. The second kappa shape index (κ2) is 10.2. The van der Waals surface area contributed by atoms with Crippen molar-refractivity contribution in [1.29, 1.82) is 0 Å². The molecule has 1 aliphatic carbocycles. The van der Waals surface area contributed by atoms with Gasteiger partial charge in [0.05, 0.1) is 34.9 Å². The van der Waals surface area contributed by atoms with Gasteiger partial charge in [0.15, 0.2) is 0 Å². The van der Waals surface area contributed by atoms with Crippen LogP contribution < -0.4 is 15.4 Å². The first-order valence-corrected chi connectivity index (χ1v) is 12.2. The largest absolute Gasteiger partial charge is 0.490 e. The molecule has 0 radical (unpaired) electrons. The minimum Gasteiger partial charge on any atom is -0.490 e. The molecular weight excluding hydrogens is 485 g/mol. The van der Waals surface area contributed by atoms with Gasteiger partial charge in [-0.1, -0.05) is 17.7 Å². The lowest BCUT2D eigenvalue weighted by atomic mass is 10.1. The zero-order chi connectivity index (χ0) is 25.3. The Hall–Kier alpha value is -2.98. The molecule has 1 aromatic heterocycles. The van der Waals surface area contributed by atoms with Crippen molar-refractivity contribution in [2.75, 3.05) is 51.1 Å². The van der Waals surface area contributed by atoms with Crippen molar-refractivity contribution in [3.63, 3.8) is 0 Å². The Morgan fingerprint density at radius 1 is 1.28 bits per heavy atom. The second-order valence-corrected chi connectivity index (χ2v) is 9.96. The number of benzene rings is 2. The topological polar surface area (TPSA) is 91.8 Å². The normalized spacial score (nSPS) is 19.2. The number of anilines is 3. The predicted octanol–water partition coefficient (Wildman–Crippen LogP) is 4.57. The van der Waals surface area contributed by atoms with Crippen molar-refractivity contribution in [1.82, 2.24) is 14.9 Å². The summed E-state index contributed by atoms with van der Waals surface area (Å²) in [6.45, 7) is 2.62. The number of aliphatic hydroxyl groups excluding tert-OH is 1. The summed E-state index contributed by atoms with van der Waals surface area (Å²) in [5, 5.41) is 17.8. The smallest absolute Gasteiger partial charge is 0.144 e. The van der Waals surface area contributed by atoms with Crippen LogP contribution in [-0.2, 0) is 4.74 Å². The van der Waals surface area contributed by atoms with E-state index in [1.807, 2.05) is 26.2 Å². The van der Waals surface area contributed by atoms with Crippen LogP contribution in [0.3, 0.4) is 0 Å². The van der Waals surface area contributed by atoms with E-state index in [4.69, 9.17) is 21.1 Å². The molecule has 0 amide bonds. The fourth-order valence-corrected chi connectivity index (χ4v) is 4.50. The summed E-state index contributed by atoms with van der Waals surface area (Å²) < 4.78 is 25.4. The molecule has 2 aromatic carbocycles. The van der Waals surface area contributed by atoms with Gasteiger partial charge in [-0.15, -0.1) is 0 Å². The fourth-order valence-electron chi connectivity index (χ4n) is 4.32. The number of rotatable bonds is 11. The van der Waals surface area contributed by atoms with E-state index in [2.05, 4.69) is 31.6 Å². The average molecular weight is 514 g/mol. The molecule has 10 heteroatoms. The Morgan fingerprint density at radius 2 is 2.14 bits per heavy atom. The third kappa shape index (κ3) is 5.39. The lowest BCUT2D eigenvalue weighted by Gasteiger charge is -2.21. The zero-order valence-electron chi connectivity index (χ0n) is 20.2. The molecule has 190 valence electrons. The molecule has 2 atom stereocenters. The second-order valence-electron chi connectivity index (χ2n) is 9.55. The maximum Gasteiger partial charge on any atom is 0.144 e. The first-order valence-electron chi connectivity index (χ1n) is 11.9. The highest BCUT2D eigenvalue weighted by molar-refractivity contribution is 6.31. The van der Waals surface area contributed by atoms with Crippen LogP contribution in [0.25, 0.3) is 10.9 Å². The molecule has 1 aliphatic heterocycles. The fraction of sp³-hybridized carbons (Fsp3) is 0.385. The summed E-state index contributed by atoms with van der Waals surface area (Å²) in [5.41, 5.74) is 3.04. The van der Waals surface area contributed by atoms with Crippen LogP contribution in [0.15, 0.2) is 48.3 Å². The first-order chi connectivity index (χ1) is 17.3. The lowest BCUT2D eigenvalue weighted by Crippen LogP contribution is -2.23. The molecule has 0 bridgehead atoms. The highest BCUT2D eigenvalue weighted by atomic mass is 35.5. The van der Waals surface area contributed by atoms with Crippen LogP contribution in [0.1, 0.15) is 12.8 Å². The van der Waals surface area contributed by atoms with Crippen LogP contribution in [0, 0.1) is 11.2 Å². The molecule has 1 saturated heterocycles. The van der Waals surface area contributed by atoms with Crippen molar-refractivity contribution in [2.45, 2.75) is 19.1 Å². The van der Waals surface area contributed by atoms with Crippen LogP contribution >= 0.6 is 11.6 Å². The van der Waals surface area contributed by atoms with Gasteiger partial charge < -0.3 is 30.1 Å². The van der Waals surface area contributed by atoms with E-state index in [-0.39, 0.29) is 10.4 Å². The Labute approximate surface area is 214 Å². The van der Waals surface area contributed by atoms with Gasteiger partial charge in [0.2, 0.25) is 0 Å². The molecule has 3 N–H and O–H groups in total. The molecule has 0 spiro atoms. The Balaban J connectivity index is 1.42. The molecule has 36 heavy (non-hydrogen) atoms. The molecule has 3 aromatic rings. The van der Waals surface area contributed by atoms with Gasteiger partial charge in [0.1, 0.15) is 36.5 Å². The van der Waals surface area contributed by atoms with Crippen molar-refractivity contribution in [3.8, 4) is 5.75 Å². The molecule has 2 aliphatic rings. The monoisotopic (exact) mass is 513 g/mol. The molecule has 5 rings (SSSR count). The van der Waals surface area contributed by atoms with Crippen LogP contribution in [0.4, 0.5) is 21.6 Å². The number of halogens is 2. The van der Waals surface area contributed by atoms with Crippen LogP contribution in [0.2, 0.25) is 5.02 Å². The number of nitrogens with one attached hydrogen (secondary N) is 2. The highest BCUT2D eigenvalue weighted by Crippen LogP contribution is 2.49. The molecule has 2 unspecified atom stereocenters. The minimum absolute atomic E-state index is 0.0144. The average Bonchev–Trinajstić information content (AvgIpc) is 3.38. The van der Waals surface area contributed by atoms with Gasteiger partial charge >= 0.3 is 0 Å². The maximum absolute atomic E-state index is 13.6. The number of nitrogens with zero attached hydrogens (tertiary/aromatic N) is 3. The standard InChI is InChI=1S/C26H29ClFN5O3/c1-33(2)7-3-4-24(34)32-22-9-18-21(10-23(22)36-14-26-11-16(26)12-35-13-26)29-15-30-25(18)31-17-5-6-20(28)19(27)8-17/h5-6,8-11,15,24,32,34H,3-4,7,12-14H2,1-2H3,(H,29,30,31). The molecular formula is C26H29ClFN5O3. The van der Waals surface area contributed by atoms with Gasteiger partial charge in [-0.2, -0.15) is 0 Å². The van der Waals surface area contributed by atoms with E-state index in [0.717, 1.165) is 13.0 Å². The van der Waals surface area contributed by atoms with Crippen LogP contribution in [0.5, 0.6) is 5.75 Å². The zero-order valence-corrected chi connectivity index (χ0v) is 21.0. The summed E-state index contributed by atoms with van der Waals surface area (Å²) in [4.78, 5) is 10.9. The molecule has 0 saturated carbocycles. The van der Waals surface area contributed by atoms with E-state index in [9.17, 15) is 9.50 Å². The Kier molecular flexibility index (Phi) is 6.98. The van der Waals surface area contributed by atoms with Crippen LogP contribution in [-0.4, -0.2) is 66.7 Å². The van der Waals surface area contributed by atoms with Gasteiger partial charge in [-0.3, -0.25) is 0 Å². The van der Waals surface area contributed by atoms with Crippen molar-refractivity contribution < 1.29 is 19.0 Å². The Bertz CT molecular complexity index is 1300. The maximum atomic E-state index is 13.6. The van der Waals surface area contributed by atoms with Crippen molar-refractivity contribution in [2.24, 2.45) is 5.41 Å². The van der Waals surface area contributed by atoms with E-state index in [0.29, 0.717) is 60.1 Å². The SMILES string of the molecule is CN(C)CCCC(O)Nc1cc2c(Nc3ccc(F)c(Cl)c3)ncnc2cc1OCC12C=C1COC2. The number of aromatic nitrogens is 2. The van der Waals surface area contributed by atoms with E-state index >= 15 is 0 Å². The number of ether oxygens (including phenoxy) is 2. The van der Waals surface area contributed by atoms with Crippen molar-refractivity contribution >= 4 is 39.7 Å². The Morgan fingerprint density at radius 3 is 2.86 bits per heavy atom. The van der Waals surface area contributed by atoms with Gasteiger partial charge in [-0.25, -0.2) is 14.4 Å². The van der Waals surface area contributed by atoms with E-state index < -0.39 is 12.0 Å². The number of fused-ring (bicyclic) bond motifs is 2. The summed E-state index contributed by atoms with van der Waals surface area (Å²) in [6.07, 6.45) is 4.29. The highest BCUT2D eigenvalue weighted by Gasteiger charge is 2.49.